The van der Waals surface area contributed by atoms with Crippen LogP contribution in [-0.4, -0.2) is 60.1 Å². The molecule has 0 unspecified atom stereocenters. The average molecular weight is 314 g/mol. The molecular weight excluding hydrogens is 288 g/mol. The van der Waals surface area contributed by atoms with Crippen molar-refractivity contribution in [1.82, 2.24) is 20.1 Å². The molecule has 1 fully saturated rings. The summed E-state index contributed by atoms with van der Waals surface area (Å²) in [4.78, 5) is 19.7. The van der Waals surface area contributed by atoms with Crippen molar-refractivity contribution < 1.29 is 4.79 Å². The van der Waals surface area contributed by atoms with Crippen LogP contribution in [0.4, 0.5) is 4.79 Å². The molecule has 0 saturated carbocycles. The molecule has 1 aliphatic heterocycles. The number of fused-ring (bicyclic) bond motifs is 1. The number of hydrogen-bond donors (Lipinski definition) is 2. The van der Waals surface area contributed by atoms with E-state index in [4.69, 9.17) is 0 Å². The van der Waals surface area contributed by atoms with Crippen molar-refractivity contribution in [1.29, 1.82) is 0 Å². The first-order chi connectivity index (χ1) is 11.3. The van der Waals surface area contributed by atoms with Gasteiger partial charge in [-0.2, -0.15) is 0 Å². The van der Waals surface area contributed by atoms with Crippen LogP contribution in [0, 0.1) is 0 Å². The summed E-state index contributed by atoms with van der Waals surface area (Å²) in [5.74, 6) is 0. The van der Waals surface area contributed by atoms with Gasteiger partial charge in [-0.3, -0.25) is 4.90 Å². The monoisotopic (exact) mass is 314 g/mol. The Kier molecular flexibility index (Phi) is 5.18. The van der Waals surface area contributed by atoms with Gasteiger partial charge >= 0.3 is 6.03 Å². The maximum Gasteiger partial charge on any atom is 0.317 e. The Labute approximate surface area is 137 Å². The number of H-pyrrole nitrogens is 1. The molecule has 124 valence electrons. The van der Waals surface area contributed by atoms with E-state index in [1.54, 1.807) is 0 Å². The van der Waals surface area contributed by atoms with Gasteiger partial charge in [0.1, 0.15) is 0 Å². The van der Waals surface area contributed by atoms with E-state index in [1.807, 2.05) is 4.90 Å². The number of hydrogen-bond acceptors (Lipinski definition) is 2. The predicted octanol–water partition coefficient (Wildman–Crippen LogP) is 2.45. The molecule has 1 aliphatic rings. The molecule has 3 rings (SSSR count). The van der Waals surface area contributed by atoms with Gasteiger partial charge in [-0.1, -0.05) is 25.1 Å². The van der Waals surface area contributed by atoms with Gasteiger partial charge in [0, 0.05) is 56.4 Å². The van der Waals surface area contributed by atoms with Crippen molar-refractivity contribution in [2.24, 2.45) is 0 Å². The molecule has 5 heteroatoms. The normalized spacial score (nSPS) is 16.0. The molecule has 0 spiro atoms. The van der Waals surface area contributed by atoms with E-state index in [0.29, 0.717) is 0 Å². The highest BCUT2D eigenvalue weighted by Gasteiger charge is 2.20. The van der Waals surface area contributed by atoms with Gasteiger partial charge in [0.2, 0.25) is 0 Å². The number of nitrogens with one attached hydrogen (secondary N) is 2. The minimum absolute atomic E-state index is 0.0862. The average Bonchev–Trinajstić information content (AvgIpc) is 3.01. The molecule has 2 amide bonds. The summed E-state index contributed by atoms with van der Waals surface area (Å²) in [7, 11) is 0. The number of para-hydroxylation sites is 1. The summed E-state index contributed by atoms with van der Waals surface area (Å²) < 4.78 is 0. The van der Waals surface area contributed by atoms with Crippen LogP contribution in [0.5, 0.6) is 0 Å². The fourth-order valence-electron chi connectivity index (χ4n) is 3.14. The second-order valence-electron chi connectivity index (χ2n) is 6.17. The second kappa shape index (κ2) is 7.51. The lowest BCUT2D eigenvalue weighted by Gasteiger charge is -2.34. The van der Waals surface area contributed by atoms with Gasteiger partial charge in [0.25, 0.3) is 0 Å². The summed E-state index contributed by atoms with van der Waals surface area (Å²) in [6, 6.07) is 8.53. The van der Waals surface area contributed by atoms with Crippen molar-refractivity contribution >= 4 is 16.9 Å². The first kappa shape index (κ1) is 15.9. The third-order valence-corrected chi connectivity index (χ3v) is 4.56. The topological polar surface area (TPSA) is 51.4 Å². The summed E-state index contributed by atoms with van der Waals surface area (Å²) in [5, 5.41) is 4.28. The van der Waals surface area contributed by atoms with Gasteiger partial charge in [-0.05, 0) is 24.5 Å². The first-order valence-corrected chi connectivity index (χ1v) is 8.58. The number of carbonyl (C=O) groups is 1. The van der Waals surface area contributed by atoms with E-state index >= 15 is 0 Å². The van der Waals surface area contributed by atoms with E-state index < -0.39 is 0 Å². The zero-order valence-electron chi connectivity index (χ0n) is 13.8. The lowest BCUT2D eigenvalue weighted by molar-refractivity contribution is 0.140. The zero-order chi connectivity index (χ0) is 16.1. The predicted molar refractivity (Wildman–Crippen MR) is 93.7 cm³/mol. The quantitative estimate of drug-likeness (QED) is 0.890. The van der Waals surface area contributed by atoms with Crippen molar-refractivity contribution in [2.45, 2.75) is 19.8 Å². The lowest BCUT2D eigenvalue weighted by Crippen LogP contribution is -2.52. The van der Waals surface area contributed by atoms with Gasteiger partial charge in [-0.25, -0.2) is 4.79 Å². The van der Waals surface area contributed by atoms with Crippen molar-refractivity contribution in [3.05, 3.63) is 36.0 Å². The second-order valence-corrected chi connectivity index (χ2v) is 6.17. The molecule has 0 atom stereocenters. The number of aromatic nitrogens is 1. The number of aromatic amines is 1. The maximum absolute atomic E-state index is 11.9. The first-order valence-electron chi connectivity index (χ1n) is 8.58. The highest BCUT2D eigenvalue weighted by Crippen LogP contribution is 2.18. The van der Waals surface area contributed by atoms with Crippen LogP contribution in [-0.2, 0) is 6.42 Å². The van der Waals surface area contributed by atoms with Crippen LogP contribution in [0.25, 0.3) is 10.9 Å². The van der Waals surface area contributed by atoms with Gasteiger partial charge in [-0.15, -0.1) is 0 Å². The van der Waals surface area contributed by atoms with E-state index in [-0.39, 0.29) is 6.03 Å². The number of rotatable bonds is 5. The number of amides is 2. The SMILES string of the molecule is CCCNC(=O)N1CCN(CCc2c[nH]c3ccccc23)CC1. The molecule has 2 aromatic rings. The molecule has 2 heterocycles. The van der Waals surface area contributed by atoms with Gasteiger partial charge in [0.15, 0.2) is 0 Å². The summed E-state index contributed by atoms with van der Waals surface area (Å²) in [6.45, 7) is 7.45. The maximum atomic E-state index is 11.9. The van der Waals surface area contributed by atoms with Crippen molar-refractivity contribution in [2.75, 3.05) is 39.3 Å². The molecule has 0 aliphatic carbocycles. The third-order valence-electron chi connectivity index (χ3n) is 4.56. The van der Waals surface area contributed by atoms with E-state index in [9.17, 15) is 4.79 Å². The lowest BCUT2D eigenvalue weighted by atomic mass is 10.1. The number of urea groups is 1. The van der Waals surface area contributed by atoms with E-state index in [0.717, 1.165) is 52.1 Å². The minimum Gasteiger partial charge on any atom is -0.361 e. The number of benzene rings is 1. The Morgan fingerprint density at radius 3 is 2.78 bits per heavy atom. The standard InChI is InChI=1S/C18H26N4O/c1-2-8-19-18(23)22-12-10-21(11-13-22)9-7-15-14-20-17-6-4-3-5-16(15)17/h3-6,14,20H,2,7-13H2,1H3,(H,19,23). The molecule has 0 bridgehead atoms. The summed E-state index contributed by atoms with van der Waals surface area (Å²) >= 11 is 0. The molecular formula is C18H26N4O. The van der Waals surface area contributed by atoms with Crippen LogP contribution >= 0.6 is 0 Å². The molecule has 1 saturated heterocycles. The van der Waals surface area contributed by atoms with Crippen LogP contribution in [0.2, 0.25) is 0 Å². The number of piperazine rings is 1. The summed E-state index contributed by atoms with van der Waals surface area (Å²) in [6.07, 6.45) is 4.15. The molecule has 1 aromatic heterocycles. The van der Waals surface area contributed by atoms with Crippen LogP contribution in [0.15, 0.2) is 30.5 Å². The van der Waals surface area contributed by atoms with Crippen LogP contribution < -0.4 is 5.32 Å². The molecule has 23 heavy (non-hydrogen) atoms. The van der Waals surface area contributed by atoms with Crippen LogP contribution in [0.3, 0.4) is 0 Å². The Morgan fingerprint density at radius 1 is 1.22 bits per heavy atom. The molecule has 5 nitrogen and oxygen atoms in total. The van der Waals surface area contributed by atoms with Gasteiger partial charge < -0.3 is 15.2 Å². The fourth-order valence-corrected chi connectivity index (χ4v) is 3.14. The number of carbonyl (C=O) groups excluding carboxylic acids is 1. The minimum atomic E-state index is 0.0862. The Hall–Kier alpha value is -2.01. The molecule has 2 N–H and O–H groups in total. The van der Waals surface area contributed by atoms with Crippen molar-refractivity contribution in [3.63, 3.8) is 0 Å². The molecule has 1 aromatic carbocycles. The Morgan fingerprint density at radius 2 is 2.00 bits per heavy atom. The van der Waals surface area contributed by atoms with Crippen LogP contribution in [0.1, 0.15) is 18.9 Å². The highest BCUT2D eigenvalue weighted by molar-refractivity contribution is 5.83. The summed E-state index contributed by atoms with van der Waals surface area (Å²) in [5.41, 5.74) is 2.59. The smallest absolute Gasteiger partial charge is 0.317 e. The Balaban J connectivity index is 1.47. The molecule has 0 radical (unpaired) electrons. The van der Waals surface area contributed by atoms with Crippen molar-refractivity contribution in [3.8, 4) is 0 Å². The number of nitrogens with zero attached hydrogens (tertiary/aromatic N) is 2. The van der Waals surface area contributed by atoms with Gasteiger partial charge in [0.05, 0.1) is 0 Å². The largest absolute Gasteiger partial charge is 0.361 e. The zero-order valence-corrected chi connectivity index (χ0v) is 13.8. The highest BCUT2D eigenvalue weighted by atomic mass is 16.2. The Bertz CT molecular complexity index is 643. The fraction of sp³-hybridized carbons (Fsp3) is 0.500. The van der Waals surface area contributed by atoms with E-state index in [1.165, 1.54) is 16.5 Å². The third kappa shape index (κ3) is 3.85. The van der Waals surface area contributed by atoms with E-state index in [2.05, 4.69) is 52.6 Å².